The van der Waals surface area contributed by atoms with Crippen LogP contribution in [0.5, 0.6) is 5.75 Å². The summed E-state index contributed by atoms with van der Waals surface area (Å²) < 4.78 is 5.08. The number of H-pyrrole nitrogens is 1. The molecule has 0 radical (unpaired) electrons. The molecule has 2 rings (SSSR count). The SMILES string of the molecule is COc1ccc(Sc2cc(C#N)c[nH]2)cc1. The van der Waals surface area contributed by atoms with E-state index >= 15 is 0 Å². The van der Waals surface area contributed by atoms with E-state index in [9.17, 15) is 0 Å². The second-order valence-electron chi connectivity index (χ2n) is 3.14. The monoisotopic (exact) mass is 230 g/mol. The smallest absolute Gasteiger partial charge is 0.118 e. The third kappa shape index (κ3) is 2.38. The molecule has 1 aromatic carbocycles. The highest BCUT2D eigenvalue weighted by atomic mass is 32.2. The van der Waals surface area contributed by atoms with E-state index in [4.69, 9.17) is 10.00 Å². The van der Waals surface area contributed by atoms with Crippen LogP contribution < -0.4 is 4.74 Å². The predicted octanol–water partition coefficient (Wildman–Crippen LogP) is 3.05. The highest BCUT2D eigenvalue weighted by molar-refractivity contribution is 7.99. The zero-order valence-electron chi connectivity index (χ0n) is 8.73. The van der Waals surface area contributed by atoms with Crippen LogP contribution in [0.3, 0.4) is 0 Å². The molecule has 4 heteroatoms. The Morgan fingerprint density at radius 3 is 2.62 bits per heavy atom. The molecule has 1 aromatic heterocycles. The molecule has 0 bridgehead atoms. The van der Waals surface area contributed by atoms with Gasteiger partial charge in [-0.15, -0.1) is 0 Å². The first kappa shape index (κ1) is 10.7. The van der Waals surface area contributed by atoms with E-state index in [1.165, 1.54) is 0 Å². The molecule has 1 N–H and O–H groups in total. The summed E-state index contributed by atoms with van der Waals surface area (Å²) in [7, 11) is 1.65. The number of nitrogens with one attached hydrogen (secondary N) is 1. The van der Waals surface area contributed by atoms with Crippen molar-refractivity contribution in [3.8, 4) is 11.8 Å². The molecule has 0 unspecified atom stereocenters. The first-order chi connectivity index (χ1) is 7.81. The molecule has 0 aliphatic heterocycles. The molecule has 0 atom stereocenters. The van der Waals surface area contributed by atoms with E-state index in [0.29, 0.717) is 5.56 Å². The lowest BCUT2D eigenvalue weighted by molar-refractivity contribution is 0.414. The Balaban J connectivity index is 2.11. The molecule has 16 heavy (non-hydrogen) atoms. The highest BCUT2D eigenvalue weighted by Crippen LogP contribution is 2.28. The van der Waals surface area contributed by atoms with Gasteiger partial charge < -0.3 is 9.72 Å². The molecule has 1 heterocycles. The number of methoxy groups -OCH3 is 1. The number of rotatable bonds is 3. The number of aromatic nitrogens is 1. The van der Waals surface area contributed by atoms with Crippen LogP contribution in [0.2, 0.25) is 0 Å². The molecule has 0 saturated heterocycles. The number of aromatic amines is 1. The topological polar surface area (TPSA) is 48.8 Å². The average Bonchev–Trinajstić information content (AvgIpc) is 2.78. The Bertz CT molecular complexity index is 511. The average molecular weight is 230 g/mol. The Morgan fingerprint density at radius 1 is 1.31 bits per heavy atom. The van der Waals surface area contributed by atoms with Crippen molar-refractivity contribution in [2.45, 2.75) is 9.92 Å². The summed E-state index contributed by atoms with van der Waals surface area (Å²) in [5.74, 6) is 0.841. The molecule has 0 aliphatic rings. The maximum Gasteiger partial charge on any atom is 0.118 e. The van der Waals surface area contributed by atoms with E-state index in [0.717, 1.165) is 15.7 Å². The Hall–Kier alpha value is -1.86. The predicted molar refractivity (Wildman–Crippen MR) is 62.6 cm³/mol. The first-order valence-corrected chi connectivity index (χ1v) is 5.54. The van der Waals surface area contributed by atoms with Crippen LogP contribution in [0.1, 0.15) is 5.56 Å². The molecule has 3 nitrogen and oxygen atoms in total. The Morgan fingerprint density at radius 2 is 2.06 bits per heavy atom. The van der Waals surface area contributed by atoms with Gasteiger partial charge in [-0.1, -0.05) is 11.8 Å². The molecule has 0 fully saturated rings. The fourth-order valence-corrected chi connectivity index (χ4v) is 2.10. The fraction of sp³-hybridized carbons (Fsp3) is 0.0833. The normalized spacial score (nSPS) is 9.75. The minimum absolute atomic E-state index is 0.649. The zero-order chi connectivity index (χ0) is 11.4. The van der Waals surface area contributed by atoms with Gasteiger partial charge in [0.2, 0.25) is 0 Å². The largest absolute Gasteiger partial charge is 0.497 e. The van der Waals surface area contributed by atoms with Crippen molar-refractivity contribution in [3.63, 3.8) is 0 Å². The van der Waals surface area contributed by atoms with Gasteiger partial charge in [-0.05, 0) is 30.3 Å². The molecular formula is C12H10N2OS. The van der Waals surface area contributed by atoms with Crippen molar-refractivity contribution in [3.05, 3.63) is 42.1 Å². The van der Waals surface area contributed by atoms with Crippen LogP contribution in [-0.4, -0.2) is 12.1 Å². The molecule has 0 amide bonds. The highest BCUT2D eigenvalue weighted by Gasteiger charge is 2.01. The van der Waals surface area contributed by atoms with Crippen molar-refractivity contribution in [1.82, 2.24) is 4.98 Å². The van der Waals surface area contributed by atoms with Gasteiger partial charge >= 0.3 is 0 Å². The maximum absolute atomic E-state index is 8.69. The summed E-state index contributed by atoms with van der Waals surface area (Å²) >= 11 is 1.58. The summed E-state index contributed by atoms with van der Waals surface area (Å²) in [4.78, 5) is 4.15. The first-order valence-electron chi connectivity index (χ1n) is 4.72. The lowest BCUT2D eigenvalue weighted by Crippen LogP contribution is -1.81. The minimum Gasteiger partial charge on any atom is -0.497 e. The molecule has 0 saturated carbocycles. The molecule has 0 aliphatic carbocycles. The van der Waals surface area contributed by atoms with Crippen LogP contribution >= 0.6 is 11.8 Å². The summed E-state index contributed by atoms with van der Waals surface area (Å²) in [6.45, 7) is 0. The summed E-state index contributed by atoms with van der Waals surface area (Å²) in [6.07, 6.45) is 1.70. The van der Waals surface area contributed by atoms with Gasteiger partial charge in [0, 0.05) is 11.1 Å². The number of ether oxygens (including phenoxy) is 1. The molecule has 0 spiro atoms. The van der Waals surface area contributed by atoms with E-state index in [-0.39, 0.29) is 0 Å². The van der Waals surface area contributed by atoms with Crippen molar-refractivity contribution in [2.24, 2.45) is 0 Å². The van der Waals surface area contributed by atoms with E-state index < -0.39 is 0 Å². The van der Waals surface area contributed by atoms with Crippen LogP contribution in [0.15, 0.2) is 46.5 Å². The number of hydrogen-bond donors (Lipinski definition) is 1. The van der Waals surface area contributed by atoms with E-state index in [1.807, 2.05) is 30.3 Å². The Labute approximate surface area is 98.1 Å². The van der Waals surface area contributed by atoms with Crippen molar-refractivity contribution >= 4 is 11.8 Å². The van der Waals surface area contributed by atoms with Crippen LogP contribution in [0, 0.1) is 11.3 Å². The van der Waals surface area contributed by atoms with Gasteiger partial charge in [0.1, 0.15) is 11.8 Å². The van der Waals surface area contributed by atoms with Gasteiger partial charge in [0.25, 0.3) is 0 Å². The third-order valence-electron chi connectivity index (χ3n) is 2.07. The van der Waals surface area contributed by atoms with Crippen LogP contribution in [-0.2, 0) is 0 Å². The second kappa shape index (κ2) is 4.77. The van der Waals surface area contributed by atoms with Gasteiger partial charge in [-0.2, -0.15) is 5.26 Å². The minimum atomic E-state index is 0.649. The number of nitriles is 1. The van der Waals surface area contributed by atoms with Gasteiger partial charge in [-0.3, -0.25) is 0 Å². The van der Waals surface area contributed by atoms with Crippen molar-refractivity contribution in [1.29, 1.82) is 5.26 Å². The van der Waals surface area contributed by atoms with Crippen molar-refractivity contribution < 1.29 is 4.74 Å². The summed E-state index contributed by atoms with van der Waals surface area (Å²) in [5.41, 5.74) is 0.649. The molecule has 80 valence electrons. The van der Waals surface area contributed by atoms with Crippen molar-refractivity contribution in [2.75, 3.05) is 7.11 Å². The number of nitrogens with zero attached hydrogens (tertiary/aromatic N) is 1. The molecule has 2 aromatic rings. The molecular weight excluding hydrogens is 220 g/mol. The second-order valence-corrected chi connectivity index (χ2v) is 4.26. The standard InChI is InChI=1S/C12H10N2OS/c1-15-10-2-4-11(5-3-10)16-12-6-9(7-13)8-14-12/h2-6,8,14H,1H3. The van der Waals surface area contributed by atoms with E-state index in [1.54, 1.807) is 25.1 Å². The summed E-state index contributed by atoms with van der Waals surface area (Å²) in [5, 5.41) is 9.65. The van der Waals surface area contributed by atoms with Gasteiger partial charge in [0.15, 0.2) is 0 Å². The Kier molecular flexibility index (Phi) is 3.18. The van der Waals surface area contributed by atoms with E-state index in [2.05, 4.69) is 11.1 Å². The van der Waals surface area contributed by atoms with Gasteiger partial charge in [-0.25, -0.2) is 0 Å². The lowest BCUT2D eigenvalue weighted by atomic mass is 10.3. The lowest BCUT2D eigenvalue weighted by Gasteiger charge is -2.01. The zero-order valence-corrected chi connectivity index (χ0v) is 9.54. The fourth-order valence-electron chi connectivity index (χ4n) is 1.27. The van der Waals surface area contributed by atoms with Crippen LogP contribution in [0.4, 0.5) is 0 Å². The van der Waals surface area contributed by atoms with Crippen LogP contribution in [0.25, 0.3) is 0 Å². The maximum atomic E-state index is 8.69. The number of benzene rings is 1. The quantitative estimate of drug-likeness (QED) is 0.881. The summed E-state index contributed by atoms with van der Waals surface area (Å²) in [6, 6.07) is 11.7. The van der Waals surface area contributed by atoms with Gasteiger partial charge in [0.05, 0.1) is 17.7 Å². The number of hydrogen-bond acceptors (Lipinski definition) is 3. The third-order valence-corrected chi connectivity index (χ3v) is 3.04.